The molecule has 19 heteroatoms. The first-order valence-corrected chi connectivity index (χ1v) is 8.22. The van der Waals surface area contributed by atoms with Crippen molar-refractivity contribution >= 4 is 0 Å². The van der Waals surface area contributed by atoms with Crippen LogP contribution in [0.4, 0.5) is 74.6 Å². The molecule has 2 N–H and O–H groups in total. The average molecular weight is 536 g/mol. The smallest absolute Gasteiger partial charge is 0.361 e. The number of unbranched alkanes of at least 4 members (excludes halogenated alkanes) is 2. The van der Waals surface area contributed by atoms with Gasteiger partial charge in [0, 0.05) is 6.42 Å². The Balaban J connectivity index is 6.70. The maximum atomic E-state index is 13.7. The van der Waals surface area contributed by atoms with Gasteiger partial charge in [-0.2, -0.15) is 74.6 Å². The summed E-state index contributed by atoms with van der Waals surface area (Å²) < 4.78 is 223. The van der Waals surface area contributed by atoms with Crippen molar-refractivity contribution in [2.24, 2.45) is 0 Å². The number of rotatable bonds is 11. The molecule has 0 saturated heterocycles. The van der Waals surface area contributed by atoms with Crippen LogP contribution in [0.2, 0.25) is 0 Å². The van der Waals surface area contributed by atoms with Crippen molar-refractivity contribution in [2.45, 2.75) is 86.0 Å². The maximum absolute atomic E-state index is 13.7. The van der Waals surface area contributed by atoms with E-state index in [1.165, 1.54) is 6.92 Å². The molecule has 0 aromatic heterocycles. The molecule has 0 aromatic carbocycles. The van der Waals surface area contributed by atoms with Crippen molar-refractivity contribution in [3.05, 3.63) is 0 Å². The molecule has 0 unspecified atom stereocenters. The predicted octanol–water partition coefficient (Wildman–Crippen LogP) is 6.26. The van der Waals surface area contributed by atoms with Crippen LogP contribution in [0.3, 0.4) is 0 Å². The highest BCUT2D eigenvalue weighted by atomic mass is 19.4. The zero-order valence-corrected chi connectivity index (χ0v) is 15.6. The van der Waals surface area contributed by atoms with Gasteiger partial charge in [0.2, 0.25) is 5.79 Å². The van der Waals surface area contributed by atoms with Crippen LogP contribution in [-0.4, -0.2) is 63.6 Å². The fourth-order valence-electron chi connectivity index (χ4n) is 2.19. The van der Waals surface area contributed by atoms with E-state index in [2.05, 4.69) is 0 Å². The number of hydrogen-bond donors (Lipinski definition) is 2. The Morgan fingerprint density at radius 1 is 0.424 bits per heavy atom. The SMILES string of the molecule is CCCCCC(O)(O)C(F)(F)C(F)(F)C(F)(F)C(F)(F)C(F)(F)C(F)(F)C(F)(F)C(F)(F)F. The lowest BCUT2D eigenvalue weighted by molar-refractivity contribution is -0.474. The molecule has 0 rings (SSSR count). The van der Waals surface area contributed by atoms with Crippen LogP contribution in [0.5, 0.6) is 0 Å². The van der Waals surface area contributed by atoms with E-state index in [1.807, 2.05) is 0 Å². The first-order chi connectivity index (χ1) is 14.1. The molecule has 33 heavy (non-hydrogen) atoms. The Labute approximate surface area is 172 Å². The first kappa shape index (κ1) is 31.7. The second-order valence-corrected chi connectivity index (χ2v) is 6.79. The van der Waals surface area contributed by atoms with Crippen LogP contribution in [-0.2, 0) is 0 Å². The van der Waals surface area contributed by atoms with Crippen LogP contribution >= 0.6 is 0 Å². The molecule has 0 aliphatic rings. The molecule has 0 bridgehead atoms. The number of halogens is 17. The third-order valence-corrected chi connectivity index (χ3v) is 4.35. The molecule has 0 atom stereocenters. The Morgan fingerprint density at radius 3 is 0.970 bits per heavy atom. The van der Waals surface area contributed by atoms with E-state index in [1.54, 1.807) is 0 Å². The van der Waals surface area contributed by atoms with E-state index in [0.29, 0.717) is 0 Å². The summed E-state index contributed by atoms with van der Waals surface area (Å²) in [5, 5.41) is 18.0. The van der Waals surface area contributed by atoms with Crippen molar-refractivity contribution in [2.75, 3.05) is 0 Å². The standard InChI is InChI=1S/C14H13F17O2/c1-2-3-4-5-6(32,33)7(15,16)8(17,18)9(19,20)10(21,22)11(23,24)12(25,26)13(27,28)14(29,30)31/h32-33H,2-5H2,1H3. The van der Waals surface area contributed by atoms with Gasteiger partial charge >= 0.3 is 47.6 Å². The molecule has 0 spiro atoms. The van der Waals surface area contributed by atoms with E-state index < -0.39 is 66.3 Å². The zero-order valence-electron chi connectivity index (χ0n) is 15.6. The molecular formula is C14H13F17O2. The second kappa shape index (κ2) is 8.44. The highest BCUT2D eigenvalue weighted by Gasteiger charge is 2.96. The minimum Gasteiger partial charge on any atom is -0.361 e. The van der Waals surface area contributed by atoms with Gasteiger partial charge in [-0.15, -0.1) is 0 Å². The average Bonchev–Trinajstić information content (AvgIpc) is 2.59. The van der Waals surface area contributed by atoms with Crippen molar-refractivity contribution in [3.8, 4) is 0 Å². The Kier molecular flexibility index (Phi) is 8.11. The van der Waals surface area contributed by atoms with E-state index in [4.69, 9.17) is 10.2 Å². The van der Waals surface area contributed by atoms with Gasteiger partial charge in [-0.3, -0.25) is 0 Å². The van der Waals surface area contributed by atoms with Crippen molar-refractivity contribution in [1.29, 1.82) is 0 Å². The van der Waals surface area contributed by atoms with Gasteiger partial charge < -0.3 is 10.2 Å². The molecule has 200 valence electrons. The monoisotopic (exact) mass is 536 g/mol. The minimum atomic E-state index is -8.75. The quantitative estimate of drug-likeness (QED) is 0.186. The topological polar surface area (TPSA) is 40.5 Å². The fraction of sp³-hybridized carbons (Fsp3) is 1.00. The number of hydrogen-bond acceptors (Lipinski definition) is 2. The summed E-state index contributed by atoms with van der Waals surface area (Å²) in [4.78, 5) is 0. The van der Waals surface area contributed by atoms with Gasteiger partial charge in [-0.05, 0) is 6.42 Å². The lowest BCUT2D eigenvalue weighted by Crippen LogP contribution is -2.76. The molecule has 0 amide bonds. The maximum Gasteiger partial charge on any atom is 0.460 e. The van der Waals surface area contributed by atoms with Gasteiger partial charge in [-0.25, -0.2) is 0 Å². The van der Waals surface area contributed by atoms with Crippen LogP contribution in [0.25, 0.3) is 0 Å². The van der Waals surface area contributed by atoms with Crippen LogP contribution in [0.15, 0.2) is 0 Å². The van der Waals surface area contributed by atoms with E-state index >= 15 is 0 Å². The summed E-state index contributed by atoms with van der Waals surface area (Å²) in [6, 6.07) is 0. The summed E-state index contributed by atoms with van der Waals surface area (Å²) in [6.07, 6.45) is -11.0. The summed E-state index contributed by atoms with van der Waals surface area (Å²) in [5.41, 5.74) is 0. The highest BCUT2D eigenvalue weighted by molar-refractivity contribution is 5.16. The molecule has 0 radical (unpaired) electrons. The first-order valence-electron chi connectivity index (χ1n) is 8.22. The van der Waals surface area contributed by atoms with Gasteiger partial charge in [0.1, 0.15) is 0 Å². The summed E-state index contributed by atoms with van der Waals surface area (Å²) in [7, 11) is 0. The van der Waals surface area contributed by atoms with Gasteiger partial charge in [0.25, 0.3) is 0 Å². The minimum absolute atomic E-state index is 0.0288. The van der Waals surface area contributed by atoms with Crippen molar-refractivity contribution in [1.82, 2.24) is 0 Å². The number of alkyl halides is 17. The summed E-state index contributed by atoms with van der Waals surface area (Å²) in [5.74, 6) is -63.6. The van der Waals surface area contributed by atoms with Gasteiger partial charge in [0.05, 0.1) is 0 Å². The molecule has 0 aromatic rings. The van der Waals surface area contributed by atoms with Crippen LogP contribution in [0, 0.1) is 0 Å². The molecule has 0 aliphatic carbocycles. The van der Waals surface area contributed by atoms with Crippen molar-refractivity contribution < 1.29 is 84.9 Å². The van der Waals surface area contributed by atoms with E-state index in [9.17, 15) is 74.6 Å². The lowest BCUT2D eigenvalue weighted by Gasteiger charge is -2.44. The van der Waals surface area contributed by atoms with E-state index in [0.717, 1.165) is 0 Å². The Morgan fingerprint density at radius 2 is 0.697 bits per heavy atom. The summed E-state index contributed by atoms with van der Waals surface area (Å²) >= 11 is 0. The third-order valence-electron chi connectivity index (χ3n) is 4.35. The predicted molar refractivity (Wildman–Crippen MR) is 72.0 cm³/mol. The lowest BCUT2D eigenvalue weighted by atomic mass is 9.85. The normalized spacial score (nSPS) is 16.4. The molecule has 0 saturated carbocycles. The summed E-state index contributed by atoms with van der Waals surface area (Å²) in [6.45, 7) is 1.30. The van der Waals surface area contributed by atoms with Crippen LogP contribution in [0.1, 0.15) is 32.6 Å². The largest absolute Gasteiger partial charge is 0.460 e. The van der Waals surface area contributed by atoms with Crippen molar-refractivity contribution in [3.63, 3.8) is 0 Å². The number of aliphatic hydroxyl groups is 2. The van der Waals surface area contributed by atoms with E-state index in [-0.39, 0.29) is 12.8 Å². The highest BCUT2D eigenvalue weighted by Crippen LogP contribution is 2.64. The fourth-order valence-corrected chi connectivity index (χ4v) is 2.19. The zero-order chi connectivity index (χ0) is 27.3. The van der Waals surface area contributed by atoms with Gasteiger partial charge in [0.15, 0.2) is 0 Å². The molecule has 2 nitrogen and oxygen atoms in total. The molecular weight excluding hydrogens is 523 g/mol. The third kappa shape index (κ3) is 4.31. The molecule has 0 fully saturated rings. The molecule has 0 aliphatic heterocycles. The van der Waals surface area contributed by atoms with Gasteiger partial charge in [-0.1, -0.05) is 19.8 Å². The Bertz CT molecular complexity index is 680. The Hall–Kier alpha value is -1.27. The molecule has 0 heterocycles. The second-order valence-electron chi connectivity index (χ2n) is 6.79. The van der Waals surface area contributed by atoms with Crippen LogP contribution < -0.4 is 0 Å².